The number of rotatable bonds is 6. The van der Waals surface area contributed by atoms with Gasteiger partial charge in [-0.2, -0.15) is 0 Å². The maximum absolute atomic E-state index is 10.9. The molecule has 0 amide bonds. The SMILES string of the molecule is C[C@@H](Sc1nnc(-c2cccc([N+](=O)[O-])c2)o1)c1cccc([N+](=O)[O-])c1. The highest BCUT2D eigenvalue weighted by molar-refractivity contribution is 7.99. The molecule has 0 aliphatic carbocycles. The van der Waals surface area contributed by atoms with Crippen LogP contribution in [0.5, 0.6) is 0 Å². The van der Waals surface area contributed by atoms with Crippen LogP contribution in [0.1, 0.15) is 17.7 Å². The average molecular weight is 372 g/mol. The lowest BCUT2D eigenvalue weighted by Crippen LogP contribution is -1.92. The molecule has 1 heterocycles. The van der Waals surface area contributed by atoms with Crippen LogP contribution < -0.4 is 0 Å². The fourth-order valence-corrected chi connectivity index (χ4v) is 3.04. The van der Waals surface area contributed by atoms with E-state index in [0.29, 0.717) is 5.56 Å². The van der Waals surface area contributed by atoms with E-state index in [2.05, 4.69) is 10.2 Å². The second kappa shape index (κ2) is 7.31. The Morgan fingerprint density at radius 3 is 2.35 bits per heavy atom. The molecule has 0 spiro atoms. The molecule has 0 saturated heterocycles. The predicted octanol–water partition coefficient (Wildman–Crippen LogP) is 4.41. The highest BCUT2D eigenvalue weighted by Crippen LogP contribution is 2.36. The van der Waals surface area contributed by atoms with E-state index >= 15 is 0 Å². The fourth-order valence-electron chi connectivity index (χ4n) is 2.24. The Kier molecular flexibility index (Phi) is 4.94. The molecule has 9 nitrogen and oxygen atoms in total. The van der Waals surface area contributed by atoms with Crippen molar-refractivity contribution < 1.29 is 14.3 Å². The molecule has 0 aliphatic heterocycles. The predicted molar refractivity (Wildman–Crippen MR) is 93.8 cm³/mol. The van der Waals surface area contributed by atoms with E-state index in [1.807, 2.05) is 6.92 Å². The first-order valence-corrected chi connectivity index (χ1v) is 8.31. The van der Waals surface area contributed by atoms with Crippen LogP contribution >= 0.6 is 11.8 Å². The van der Waals surface area contributed by atoms with Crippen molar-refractivity contribution in [3.05, 3.63) is 74.3 Å². The van der Waals surface area contributed by atoms with E-state index in [-0.39, 0.29) is 27.7 Å². The Balaban J connectivity index is 1.78. The largest absolute Gasteiger partial charge is 0.411 e. The number of hydrogen-bond acceptors (Lipinski definition) is 8. The van der Waals surface area contributed by atoms with Gasteiger partial charge in [0, 0.05) is 35.1 Å². The van der Waals surface area contributed by atoms with Crippen LogP contribution in [-0.4, -0.2) is 20.0 Å². The van der Waals surface area contributed by atoms with Crippen LogP contribution in [0.3, 0.4) is 0 Å². The third-order valence-electron chi connectivity index (χ3n) is 3.54. The first kappa shape index (κ1) is 17.5. The van der Waals surface area contributed by atoms with Crippen molar-refractivity contribution in [1.82, 2.24) is 10.2 Å². The van der Waals surface area contributed by atoms with Gasteiger partial charge in [0.1, 0.15) is 0 Å². The third kappa shape index (κ3) is 3.86. The normalized spacial score (nSPS) is 11.9. The Hall–Kier alpha value is -3.27. The van der Waals surface area contributed by atoms with Gasteiger partial charge in [0.05, 0.1) is 9.85 Å². The molecule has 3 rings (SSSR count). The van der Waals surface area contributed by atoms with Crippen molar-refractivity contribution in [3.63, 3.8) is 0 Å². The van der Waals surface area contributed by atoms with Crippen LogP contribution in [0.4, 0.5) is 11.4 Å². The minimum atomic E-state index is -0.500. The van der Waals surface area contributed by atoms with Crippen molar-refractivity contribution in [2.45, 2.75) is 17.4 Å². The van der Waals surface area contributed by atoms with Gasteiger partial charge in [-0.25, -0.2) is 0 Å². The number of benzene rings is 2. The van der Waals surface area contributed by atoms with Crippen LogP contribution in [-0.2, 0) is 0 Å². The van der Waals surface area contributed by atoms with E-state index in [0.717, 1.165) is 5.56 Å². The maximum atomic E-state index is 10.9. The van der Waals surface area contributed by atoms with Crippen molar-refractivity contribution in [2.24, 2.45) is 0 Å². The second-order valence-corrected chi connectivity index (χ2v) is 6.58. The molecule has 0 fully saturated rings. The summed E-state index contributed by atoms with van der Waals surface area (Å²) in [4.78, 5) is 20.8. The Bertz CT molecular complexity index is 975. The lowest BCUT2D eigenvalue weighted by atomic mass is 10.1. The molecule has 0 aliphatic rings. The smallest absolute Gasteiger partial charge is 0.277 e. The first-order chi connectivity index (χ1) is 12.4. The summed E-state index contributed by atoms with van der Waals surface area (Å²) in [6.45, 7) is 1.86. The van der Waals surface area contributed by atoms with Gasteiger partial charge >= 0.3 is 0 Å². The monoisotopic (exact) mass is 372 g/mol. The Morgan fingerprint density at radius 1 is 1.00 bits per heavy atom. The zero-order chi connectivity index (χ0) is 18.7. The van der Waals surface area contributed by atoms with Crippen LogP contribution in [0.25, 0.3) is 11.5 Å². The molecule has 0 radical (unpaired) electrons. The standard InChI is InChI=1S/C16H12N4O5S/c1-10(11-4-2-6-13(8-11)19(21)22)26-16-18-17-15(25-16)12-5-3-7-14(9-12)20(23)24/h2-10H,1H3/t10-/m1/s1. The van der Waals surface area contributed by atoms with Gasteiger partial charge in [-0.3, -0.25) is 20.2 Å². The van der Waals surface area contributed by atoms with Gasteiger partial charge in [0.15, 0.2) is 0 Å². The van der Waals surface area contributed by atoms with E-state index in [1.54, 1.807) is 18.2 Å². The topological polar surface area (TPSA) is 125 Å². The molecular weight excluding hydrogens is 360 g/mol. The summed E-state index contributed by atoms with van der Waals surface area (Å²) in [5.41, 5.74) is 1.14. The van der Waals surface area contributed by atoms with Gasteiger partial charge in [-0.1, -0.05) is 30.0 Å². The molecule has 26 heavy (non-hydrogen) atoms. The van der Waals surface area contributed by atoms with Gasteiger partial charge in [-0.15, -0.1) is 10.2 Å². The number of thioether (sulfide) groups is 1. The van der Waals surface area contributed by atoms with E-state index in [1.165, 1.54) is 42.1 Å². The zero-order valence-electron chi connectivity index (χ0n) is 13.4. The Labute approximate surface area is 151 Å². The maximum Gasteiger partial charge on any atom is 0.277 e. The van der Waals surface area contributed by atoms with E-state index in [9.17, 15) is 20.2 Å². The van der Waals surface area contributed by atoms with E-state index < -0.39 is 9.85 Å². The van der Waals surface area contributed by atoms with Crippen molar-refractivity contribution in [1.29, 1.82) is 0 Å². The van der Waals surface area contributed by atoms with Crippen LogP contribution in [0.2, 0.25) is 0 Å². The minimum Gasteiger partial charge on any atom is -0.411 e. The highest BCUT2D eigenvalue weighted by Gasteiger charge is 2.17. The molecule has 0 saturated carbocycles. The zero-order valence-corrected chi connectivity index (χ0v) is 14.3. The summed E-state index contributed by atoms with van der Waals surface area (Å²) >= 11 is 1.25. The lowest BCUT2D eigenvalue weighted by molar-refractivity contribution is -0.385. The third-order valence-corrected chi connectivity index (χ3v) is 4.53. The van der Waals surface area contributed by atoms with Gasteiger partial charge < -0.3 is 4.42 Å². The number of nitro groups is 2. The molecule has 1 aromatic heterocycles. The van der Waals surface area contributed by atoms with Crippen LogP contribution in [0, 0.1) is 20.2 Å². The molecular formula is C16H12N4O5S. The molecule has 0 unspecified atom stereocenters. The molecule has 2 aromatic carbocycles. The van der Waals surface area contributed by atoms with Crippen molar-refractivity contribution >= 4 is 23.1 Å². The molecule has 10 heteroatoms. The summed E-state index contributed by atoms with van der Waals surface area (Å²) < 4.78 is 5.56. The van der Waals surface area contributed by atoms with Crippen molar-refractivity contribution in [2.75, 3.05) is 0 Å². The molecule has 1 atom stereocenters. The van der Waals surface area contributed by atoms with Gasteiger partial charge in [-0.05, 0) is 18.6 Å². The summed E-state index contributed by atoms with van der Waals surface area (Å²) in [6, 6.07) is 12.2. The number of non-ortho nitro benzene ring substituents is 2. The number of nitrogens with zero attached hydrogens (tertiary/aromatic N) is 4. The first-order valence-electron chi connectivity index (χ1n) is 7.43. The van der Waals surface area contributed by atoms with Gasteiger partial charge in [0.2, 0.25) is 5.89 Å². The quantitative estimate of drug-likeness (QED) is 0.354. The number of aromatic nitrogens is 2. The summed E-state index contributed by atoms with van der Waals surface area (Å²) in [7, 11) is 0. The number of nitro benzene ring substituents is 2. The summed E-state index contributed by atoms with van der Waals surface area (Å²) in [6.07, 6.45) is 0. The van der Waals surface area contributed by atoms with Crippen LogP contribution in [0.15, 0.2) is 58.2 Å². The molecule has 3 aromatic rings. The molecule has 0 bridgehead atoms. The second-order valence-electron chi connectivity index (χ2n) is 5.29. The fraction of sp³-hybridized carbons (Fsp3) is 0.125. The number of hydrogen-bond donors (Lipinski definition) is 0. The summed E-state index contributed by atoms with van der Waals surface area (Å²) in [5, 5.41) is 29.7. The van der Waals surface area contributed by atoms with Crippen molar-refractivity contribution in [3.8, 4) is 11.5 Å². The van der Waals surface area contributed by atoms with Gasteiger partial charge in [0.25, 0.3) is 16.6 Å². The molecule has 0 N–H and O–H groups in total. The summed E-state index contributed by atoms with van der Waals surface area (Å²) in [5.74, 6) is 0.169. The minimum absolute atomic E-state index is 0.0118. The van der Waals surface area contributed by atoms with E-state index in [4.69, 9.17) is 4.42 Å². The lowest BCUT2D eigenvalue weighted by Gasteiger charge is -2.08. The average Bonchev–Trinajstić information content (AvgIpc) is 3.10. The Morgan fingerprint density at radius 2 is 1.65 bits per heavy atom. The highest BCUT2D eigenvalue weighted by atomic mass is 32.2. The molecule has 132 valence electrons.